The second-order valence-corrected chi connectivity index (χ2v) is 5.96. The Morgan fingerprint density at radius 3 is 2.75 bits per heavy atom. The lowest BCUT2D eigenvalue weighted by Gasteiger charge is -2.06. The molecule has 0 spiro atoms. The van der Waals surface area contributed by atoms with Gasteiger partial charge in [-0.1, -0.05) is 30.3 Å². The second-order valence-electron chi connectivity index (χ2n) is 5.10. The lowest BCUT2D eigenvalue weighted by molar-refractivity contribution is 0.267. The van der Waals surface area contributed by atoms with Crippen LogP contribution in [0, 0.1) is 0 Å². The molecule has 0 amide bonds. The third kappa shape index (κ3) is 2.88. The lowest BCUT2D eigenvalue weighted by Crippen LogP contribution is -1.97. The minimum atomic E-state index is 0.188. The number of aromatic nitrogens is 3. The van der Waals surface area contributed by atoms with E-state index in [-0.39, 0.29) is 6.61 Å². The summed E-state index contributed by atoms with van der Waals surface area (Å²) in [5.41, 5.74) is 1.66. The van der Waals surface area contributed by atoms with Crippen molar-refractivity contribution in [2.75, 3.05) is 0 Å². The fraction of sp³-hybridized carbons (Fsp3) is 0.0556. The molecule has 5 nitrogen and oxygen atoms in total. The topological polar surface area (TPSA) is 61.0 Å². The Morgan fingerprint density at radius 2 is 1.83 bits per heavy atom. The van der Waals surface area contributed by atoms with Gasteiger partial charge >= 0.3 is 0 Å². The molecule has 0 saturated carbocycles. The van der Waals surface area contributed by atoms with Gasteiger partial charge in [-0.3, -0.25) is 4.98 Å². The van der Waals surface area contributed by atoms with Crippen molar-refractivity contribution >= 4 is 26.8 Å². The first-order valence-electron chi connectivity index (χ1n) is 7.35. The van der Waals surface area contributed by atoms with Crippen LogP contribution in [-0.2, 0) is 6.61 Å². The molecule has 2 aromatic carbocycles. The van der Waals surface area contributed by atoms with E-state index in [1.807, 2.05) is 54.6 Å². The normalized spacial score (nSPS) is 10.9. The molecule has 4 aromatic rings. The van der Waals surface area contributed by atoms with Crippen molar-refractivity contribution < 1.29 is 9.15 Å². The minimum absolute atomic E-state index is 0.188. The number of benzene rings is 2. The molecule has 0 aliphatic heterocycles. The molecule has 4 rings (SSSR count). The quantitative estimate of drug-likeness (QED) is 0.515. The molecular weight excluding hydrogens is 370 g/mol. The zero-order valence-electron chi connectivity index (χ0n) is 12.5. The van der Waals surface area contributed by atoms with Gasteiger partial charge in [0.15, 0.2) is 6.61 Å². The van der Waals surface area contributed by atoms with Gasteiger partial charge in [0.25, 0.3) is 5.89 Å². The lowest BCUT2D eigenvalue weighted by atomic mass is 10.2. The number of para-hydroxylation sites is 1. The maximum absolute atomic E-state index is 5.81. The molecule has 0 aliphatic rings. The highest BCUT2D eigenvalue weighted by atomic mass is 79.9. The first kappa shape index (κ1) is 14.8. The number of fused-ring (bicyclic) bond motifs is 1. The summed E-state index contributed by atoms with van der Waals surface area (Å²) in [6, 6.07) is 17.4. The summed E-state index contributed by atoms with van der Waals surface area (Å²) in [6.07, 6.45) is 1.74. The average Bonchev–Trinajstić information content (AvgIpc) is 3.09. The summed E-state index contributed by atoms with van der Waals surface area (Å²) in [5.74, 6) is 1.56. The van der Waals surface area contributed by atoms with E-state index in [0.29, 0.717) is 17.5 Å². The molecule has 0 radical (unpaired) electrons. The van der Waals surface area contributed by atoms with Crippen LogP contribution in [0.1, 0.15) is 5.89 Å². The Bertz CT molecular complexity index is 995. The Balaban J connectivity index is 1.56. The number of hydrogen-bond donors (Lipinski definition) is 0. The fourth-order valence-electron chi connectivity index (χ4n) is 2.39. The third-order valence-corrected chi connectivity index (χ3v) is 4.21. The first-order valence-corrected chi connectivity index (χ1v) is 8.14. The van der Waals surface area contributed by atoms with E-state index in [9.17, 15) is 0 Å². The molecular formula is C18H12BrN3O2. The standard InChI is InChI=1S/C18H12BrN3O2/c19-14-8-2-1-7-13(14)18-22-21-16(24-18)11-23-15-9-3-5-12-6-4-10-20-17(12)15/h1-10H,11H2. The van der Waals surface area contributed by atoms with Gasteiger partial charge in [-0.2, -0.15) is 0 Å². The Morgan fingerprint density at radius 1 is 0.958 bits per heavy atom. The molecule has 0 unspecified atom stereocenters. The number of rotatable bonds is 4. The van der Waals surface area contributed by atoms with Gasteiger partial charge < -0.3 is 9.15 Å². The minimum Gasteiger partial charge on any atom is -0.482 e. The van der Waals surface area contributed by atoms with Gasteiger partial charge in [-0.25, -0.2) is 0 Å². The van der Waals surface area contributed by atoms with Crippen LogP contribution in [0.25, 0.3) is 22.4 Å². The maximum atomic E-state index is 5.81. The van der Waals surface area contributed by atoms with Gasteiger partial charge in [-0.15, -0.1) is 10.2 Å². The Hall–Kier alpha value is -2.73. The number of ether oxygens (including phenoxy) is 1. The zero-order valence-corrected chi connectivity index (χ0v) is 14.1. The predicted octanol–water partition coefficient (Wildman–Crippen LogP) is 4.63. The van der Waals surface area contributed by atoms with Crippen molar-refractivity contribution in [1.82, 2.24) is 15.2 Å². The van der Waals surface area contributed by atoms with Gasteiger partial charge in [0.2, 0.25) is 5.89 Å². The highest BCUT2D eigenvalue weighted by molar-refractivity contribution is 9.10. The van der Waals surface area contributed by atoms with E-state index in [0.717, 1.165) is 20.9 Å². The summed E-state index contributed by atoms with van der Waals surface area (Å²) in [5, 5.41) is 9.15. The van der Waals surface area contributed by atoms with Gasteiger partial charge in [0, 0.05) is 16.1 Å². The maximum Gasteiger partial charge on any atom is 0.254 e. The number of halogens is 1. The Kier molecular flexibility index (Phi) is 3.96. The van der Waals surface area contributed by atoms with Crippen molar-refractivity contribution in [1.29, 1.82) is 0 Å². The van der Waals surface area contributed by atoms with E-state index >= 15 is 0 Å². The van der Waals surface area contributed by atoms with Crippen LogP contribution < -0.4 is 4.74 Å². The van der Waals surface area contributed by atoms with Gasteiger partial charge in [0.1, 0.15) is 11.3 Å². The van der Waals surface area contributed by atoms with E-state index < -0.39 is 0 Å². The van der Waals surface area contributed by atoms with E-state index in [2.05, 4.69) is 31.1 Å². The molecule has 118 valence electrons. The summed E-state index contributed by atoms with van der Waals surface area (Å²) in [7, 11) is 0. The smallest absolute Gasteiger partial charge is 0.254 e. The highest BCUT2D eigenvalue weighted by Crippen LogP contribution is 2.27. The third-order valence-electron chi connectivity index (χ3n) is 3.52. The molecule has 0 N–H and O–H groups in total. The Labute approximate surface area is 146 Å². The van der Waals surface area contributed by atoms with E-state index in [4.69, 9.17) is 9.15 Å². The summed E-state index contributed by atoms with van der Waals surface area (Å²) >= 11 is 3.48. The fourth-order valence-corrected chi connectivity index (χ4v) is 2.84. The van der Waals surface area contributed by atoms with Crippen LogP contribution in [0.4, 0.5) is 0 Å². The first-order chi connectivity index (χ1) is 11.8. The van der Waals surface area contributed by atoms with Crippen LogP contribution >= 0.6 is 15.9 Å². The molecule has 0 aliphatic carbocycles. The molecule has 0 atom stereocenters. The van der Waals surface area contributed by atoms with Crippen LogP contribution in [-0.4, -0.2) is 15.2 Å². The van der Waals surface area contributed by atoms with Crippen LogP contribution in [0.15, 0.2) is 69.7 Å². The van der Waals surface area contributed by atoms with Gasteiger partial charge in [0.05, 0.1) is 5.56 Å². The summed E-state index contributed by atoms with van der Waals surface area (Å²) in [6.45, 7) is 0.188. The molecule has 6 heteroatoms. The van der Waals surface area contributed by atoms with Crippen LogP contribution in [0.2, 0.25) is 0 Å². The number of hydrogen-bond acceptors (Lipinski definition) is 5. The molecule has 2 heterocycles. The van der Waals surface area contributed by atoms with Crippen molar-refractivity contribution in [2.24, 2.45) is 0 Å². The SMILES string of the molecule is Brc1ccccc1-c1nnc(COc2cccc3cccnc23)o1. The van der Waals surface area contributed by atoms with Crippen LogP contribution in [0.5, 0.6) is 5.75 Å². The van der Waals surface area contributed by atoms with Crippen molar-refractivity contribution in [3.05, 3.63) is 71.2 Å². The number of nitrogens with zero attached hydrogens (tertiary/aromatic N) is 3. The molecule has 0 saturated heterocycles. The summed E-state index contributed by atoms with van der Waals surface area (Å²) in [4.78, 5) is 4.36. The number of pyridine rings is 1. The molecule has 24 heavy (non-hydrogen) atoms. The molecule has 0 bridgehead atoms. The van der Waals surface area contributed by atoms with E-state index in [1.165, 1.54) is 0 Å². The van der Waals surface area contributed by atoms with Crippen molar-refractivity contribution in [3.8, 4) is 17.2 Å². The molecule has 0 fully saturated rings. The zero-order chi connectivity index (χ0) is 16.4. The van der Waals surface area contributed by atoms with Crippen LogP contribution in [0.3, 0.4) is 0 Å². The highest BCUT2D eigenvalue weighted by Gasteiger charge is 2.12. The van der Waals surface area contributed by atoms with Gasteiger partial charge in [-0.05, 0) is 40.2 Å². The largest absolute Gasteiger partial charge is 0.482 e. The predicted molar refractivity (Wildman–Crippen MR) is 93.5 cm³/mol. The van der Waals surface area contributed by atoms with Crippen molar-refractivity contribution in [2.45, 2.75) is 6.61 Å². The van der Waals surface area contributed by atoms with E-state index in [1.54, 1.807) is 6.20 Å². The monoisotopic (exact) mass is 381 g/mol. The molecule has 2 aromatic heterocycles. The second kappa shape index (κ2) is 6.41. The average molecular weight is 382 g/mol. The summed E-state index contributed by atoms with van der Waals surface area (Å²) < 4.78 is 12.4. The van der Waals surface area contributed by atoms with Crippen molar-refractivity contribution in [3.63, 3.8) is 0 Å².